The summed E-state index contributed by atoms with van der Waals surface area (Å²) in [4.78, 5) is 3.49. The van der Waals surface area contributed by atoms with Crippen molar-refractivity contribution in [2.45, 2.75) is 23.8 Å². The summed E-state index contributed by atoms with van der Waals surface area (Å²) in [6.07, 6.45) is 2.52. The van der Waals surface area contributed by atoms with E-state index >= 15 is 0 Å². The molecule has 1 aliphatic carbocycles. The molecule has 1 heterocycles. The summed E-state index contributed by atoms with van der Waals surface area (Å²) < 4.78 is 3.30. The lowest BCUT2D eigenvalue weighted by molar-refractivity contribution is 0.755. The van der Waals surface area contributed by atoms with Crippen LogP contribution in [0.25, 0.3) is 0 Å². The van der Waals surface area contributed by atoms with Gasteiger partial charge >= 0.3 is 0 Å². The Labute approximate surface area is 103 Å². The number of halogens is 2. The molecule has 1 aromatic carbocycles. The molecule has 5 heteroatoms. The van der Waals surface area contributed by atoms with Crippen molar-refractivity contribution in [1.29, 1.82) is 0 Å². The Balaban J connectivity index is 2.10. The molecule has 0 unspecified atom stereocenters. The standard InChI is InChI=1S/C10H10Cl2N2S/c11-7-3-4-8-10(9(7)12)14(5-13-15-8)6-1-2-6/h3-4,6,13H,1-2,5H2. The van der Waals surface area contributed by atoms with Crippen LogP contribution in [0.3, 0.4) is 0 Å². The zero-order chi connectivity index (χ0) is 10.4. The summed E-state index contributed by atoms with van der Waals surface area (Å²) in [6, 6.07) is 4.52. The molecule has 1 fully saturated rings. The second-order valence-electron chi connectivity index (χ2n) is 3.81. The van der Waals surface area contributed by atoms with Crippen LogP contribution in [0, 0.1) is 0 Å². The summed E-state index contributed by atoms with van der Waals surface area (Å²) in [7, 11) is 0. The maximum atomic E-state index is 6.26. The molecule has 0 radical (unpaired) electrons. The minimum atomic E-state index is 0.642. The quantitative estimate of drug-likeness (QED) is 0.778. The average Bonchev–Trinajstić information content (AvgIpc) is 3.06. The molecule has 1 saturated carbocycles. The van der Waals surface area contributed by atoms with Gasteiger partial charge in [-0.05, 0) is 36.9 Å². The minimum absolute atomic E-state index is 0.642. The summed E-state index contributed by atoms with van der Waals surface area (Å²) in [5.74, 6) is 0. The van der Waals surface area contributed by atoms with Crippen molar-refractivity contribution in [3.63, 3.8) is 0 Å². The number of hydrogen-bond donors (Lipinski definition) is 1. The zero-order valence-electron chi connectivity index (χ0n) is 7.96. The first-order valence-corrected chi connectivity index (χ1v) is 6.49. The van der Waals surface area contributed by atoms with Crippen molar-refractivity contribution < 1.29 is 0 Å². The predicted octanol–water partition coefficient (Wildman–Crippen LogP) is 3.53. The Hall–Kier alpha value is -0.0900. The molecule has 2 nitrogen and oxygen atoms in total. The number of anilines is 1. The highest BCUT2D eigenvalue weighted by molar-refractivity contribution is 7.97. The second kappa shape index (κ2) is 3.74. The Bertz CT molecular complexity index is 407. The van der Waals surface area contributed by atoms with Gasteiger partial charge in [0.1, 0.15) is 0 Å². The number of rotatable bonds is 1. The normalized spacial score (nSPS) is 20.3. The van der Waals surface area contributed by atoms with Gasteiger partial charge in [0.25, 0.3) is 0 Å². The van der Waals surface area contributed by atoms with Gasteiger partial charge in [0.2, 0.25) is 0 Å². The van der Waals surface area contributed by atoms with Gasteiger partial charge in [-0.1, -0.05) is 23.2 Å². The molecule has 3 rings (SSSR count). The minimum Gasteiger partial charge on any atom is -0.353 e. The van der Waals surface area contributed by atoms with Crippen molar-refractivity contribution in [1.82, 2.24) is 4.72 Å². The Kier molecular flexibility index (Phi) is 2.51. The monoisotopic (exact) mass is 260 g/mol. The lowest BCUT2D eigenvalue weighted by Crippen LogP contribution is -2.36. The number of hydrogen-bond acceptors (Lipinski definition) is 3. The second-order valence-corrected chi connectivity index (χ2v) is 5.53. The largest absolute Gasteiger partial charge is 0.353 e. The van der Waals surface area contributed by atoms with E-state index in [2.05, 4.69) is 9.62 Å². The Morgan fingerprint density at radius 1 is 1.33 bits per heavy atom. The van der Waals surface area contributed by atoms with Gasteiger partial charge in [0.15, 0.2) is 0 Å². The lowest BCUT2D eigenvalue weighted by atomic mass is 10.3. The van der Waals surface area contributed by atoms with Crippen molar-refractivity contribution in [2.24, 2.45) is 0 Å². The van der Waals surface area contributed by atoms with Gasteiger partial charge in [-0.3, -0.25) is 0 Å². The van der Waals surface area contributed by atoms with E-state index in [1.807, 2.05) is 12.1 Å². The zero-order valence-corrected chi connectivity index (χ0v) is 10.3. The van der Waals surface area contributed by atoms with E-state index in [1.54, 1.807) is 11.9 Å². The molecule has 2 aliphatic rings. The fourth-order valence-electron chi connectivity index (χ4n) is 1.83. The van der Waals surface area contributed by atoms with E-state index in [4.69, 9.17) is 23.2 Å². The van der Waals surface area contributed by atoms with Crippen LogP contribution < -0.4 is 9.62 Å². The topological polar surface area (TPSA) is 15.3 Å². The highest BCUT2D eigenvalue weighted by atomic mass is 35.5. The third kappa shape index (κ3) is 1.72. The van der Waals surface area contributed by atoms with E-state index in [0.29, 0.717) is 16.1 Å². The van der Waals surface area contributed by atoms with Crippen molar-refractivity contribution in [3.05, 3.63) is 22.2 Å². The third-order valence-electron chi connectivity index (χ3n) is 2.72. The van der Waals surface area contributed by atoms with E-state index in [0.717, 1.165) is 12.4 Å². The molecule has 1 N–H and O–H groups in total. The third-order valence-corrected chi connectivity index (χ3v) is 4.34. The SMILES string of the molecule is Clc1ccc2c(c1Cl)N(C1CC1)CNS2. The smallest absolute Gasteiger partial charge is 0.0838 e. The highest BCUT2D eigenvalue weighted by Gasteiger charge is 2.34. The molecule has 80 valence electrons. The van der Waals surface area contributed by atoms with Crippen LogP contribution in [0.5, 0.6) is 0 Å². The van der Waals surface area contributed by atoms with E-state index in [-0.39, 0.29) is 0 Å². The molecule has 0 saturated heterocycles. The van der Waals surface area contributed by atoms with Crippen LogP contribution in [-0.4, -0.2) is 12.7 Å². The van der Waals surface area contributed by atoms with E-state index in [9.17, 15) is 0 Å². The maximum Gasteiger partial charge on any atom is 0.0838 e. The van der Waals surface area contributed by atoms with Crippen molar-refractivity contribution >= 4 is 40.8 Å². The van der Waals surface area contributed by atoms with E-state index in [1.165, 1.54) is 17.7 Å². The summed E-state index contributed by atoms with van der Waals surface area (Å²) >= 11 is 13.9. The van der Waals surface area contributed by atoms with Crippen LogP contribution in [0.4, 0.5) is 5.69 Å². The number of benzene rings is 1. The molecule has 1 aromatic rings. The first kappa shape index (κ1) is 10.1. The van der Waals surface area contributed by atoms with Crippen LogP contribution in [-0.2, 0) is 0 Å². The maximum absolute atomic E-state index is 6.26. The molecular weight excluding hydrogens is 251 g/mol. The van der Waals surface area contributed by atoms with E-state index < -0.39 is 0 Å². The number of fused-ring (bicyclic) bond motifs is 1. The first-order chi connectivity index (χ1) is 7.27. The number of nitrogens with one attached hydrogen (secondary N) is 1. The van der Waals surface area contributed by atoms with Gasteiger partial charge in [-0.15, -0.1) is 0 Å². The molecule has 0 aromatic heterocycles. The lowest BCUT2D eigenvalue weighted by Gasteiger charge is -2.32. The Morgan fingerprint density at radius 2 is 2.13 bits per heavy atom. The predicted molar refractivity (Wildman–Crippen MR) is 65.8 cm³/mol. The van der Waals surface area contributed by atoms with Gasteiger partial charge in [0.05, 0.1) is 22.4 Å². The Morgan fingerprint density at radius 3 is 2.87 bits per heavy atom. The molecular formula is C10H10Cl2N2S. The summed E-state index contributed by atoms with van der Waals surface area (Å²) in [5, 5.41) is 1.33. The van der Waals surface area contributed by atoms with Crippen LogP contribution in [0.1, 0.15) is 12.8 Å². The van der Waals surface area contributed by atoms with Gasteiger partial charge in [-0.25, -0.2) is 4.72 Å². The van der Waals surface area contributed by atoms with Crippen LogP contribution in [0.2, 0.25) is 10.0 Å². The van der Waals surface area contributed by atoms with Gasteiger partial charge < -0.3 is 4.90 Å². The fourth-order valence-corrected chi connectivity index (χ4v) is 3.12. The fraction of sp³-hybridized carbons (Fsp3) is 0.400. The molecule has 15 heavy (non-hydrogen) atoms. The molecule has 0 spiro atoms. The highest BCUT2D eigenvalue weighted by Crippen LogP contribution is 2.45. The van der Waals surface area contributed by atoms with Gasteiger partial charge in [0, 0.05) is 10.9 Å². The molecule has 0 amide bonds. The van der Waals surface area contributed by atoms with Crippen molar-refractivity contribution in [3.8, 4) is 0 Å². The van der Waals surface area contributed by atoms with Crippen molar-refractivity contribution in [2.75, 3.05) is 11.6 Å². The van der Waals surface area contributed by atoms with Gasteiger partial charge in [-0.2, -0.15) is 0 Å². The molecule has 0 atom stereocenters. The summed E-state index contributed by atoms with van der Waals surface area (Å²) in [5.41, 5.74) is 1.11. The first-order valence-electron chi connectivity index (χ1n) is 4.91. The summed E-state index contributed by atoms with van der Waals surface area (Å²) in [6.45, 7) is 0.850. The number of nitrogens with zero attached hydrogens (tertiary/aromatic N) is 1. The molecule has 1 aliphatic heterocycles. The average molecular weight is 261 g/mol. The molecule has 0 bridgehead atoms. The van der Waals surface area contributed by atoms with Crippen LogP contribution in [0.15, 0.2) is 17.0 Å². The van der Waals surface area contributed by atoms with Crippen LogP contribution >= 0.6 is 35.1 Å².